The Bertz CT molecular complexity index is 157. The first-order valence-electron chi connectivity index (χ1n) is 5.40. The Balaban J connectivity index is 4.18. The predicted octanol–water partition coefficient (Wildman–Crippen LogP) is 2.31. The van der Waals surface area contributed by atoms with E-state index < -0.39 is 10.2 Å². The van der Waals surface area contributed by atoms with Crippen molar-refractivity contribution >= 4 is 10.2 Å². The summed E-state index contributed by atoms with van der Waals surface area (Å²) in [6, 6.07) is 0. The molecule has 0 aliphatic rings. The monoisotopic (exact) mass is 220 g/mol. The maximum Gasteiger partial charge on any atom is 0.0338 e. The van der Waals surface area contributed by atoms with Crippen LogP contribution in [-0.2, 0) is 0 Å². The first kappa shape index (κ1) is 14.3. The summed E-state index contributed by atoms with van der Waals surface area (Å²) in [5.74, 6) is 0. The van der Waals surface area contributed by atoms with Crippen LogP contribution in [0, 0.1) is 0 Å². The number of hydrogen-bond donors (Lipinski definition) is 1. The second-order valence-corrected chi connectivity index (χ2v) is 9.16. The lowest BCUT2D eigenvalue weighted by Crippen LogP contribution is -2.49. The summed E-state index contributed by atoms with van der Waals surface area (Å²) in [6.07, 6.45) is 6.91. The van der Waals surface area contributed by atoms with E-state index in [1.807, 2.05) is 0 Å². The minimum absolute atomic E-state index is 0.222. The maximum atomic E-state index is 3.74. The summed E-state index contributed by atoms with van der Waals surface area (Å²) in [7, 11) is -0.621. The molecule has 0 atom stereocenters. The maximum absolute atomic E-state index is 3.74. The molecule has 88 valence electrons. The molecule has 0 amide bonds. The first-order valence-corrected chi connectivity index (χ1v) is 8.25. The lowest BCUT2D eigenvalue weighted by atomic mass is 10.1. The molecule has 0 rings (SSSR count). The third-order valence-corrected chi connectivity index (χ3v) is 3.26. The highest BCUT2D eigenvalue weighted by molar-refractivity contribution is 8.30. The van der Waals surface area contributed by atoms with Gasteiger partial charge in [-0.3, -0.25) is 4.72 Å². The summed E-state index contributed by atoms with van der Waals surface area (Å²) in [4.78, 5) is 2.47. The lowest BCUT2D eigenvalue weighted by Gasteiger charge is -2.40. The number of nitrogens with zero attached hydrogens (tertiary/aromatic N) is 1. The van der Waals surface area contributed by atoms with Crippen molar-refractivity contribution in [2.45, 2.75) is 33.2 Å². The fraction of sp³-hybridized carbons (Fsp3) is 1.00. The molecule has 0 aromatic carbocycles. The fourth-order valence-corrected chi connectivity index (χ4v) is 3.59. The van der Waals surface area contributed by atoms with Crippen molar-refractivity contribution in [2.75, 3.05) is 38.4 Å². The van der Waals surface area contributed by atoms with E-state index in [0.29, 0.717) is 0 Å². The van der Waals surface area contributed by atoms with Crippen LogP contribution in [0.25, 0.3) is 0 Å². The molecule has 0 unspecified atom stereocenters. The zero-order valence-corrected chi connectivity index (χ0v) is 11.8. The van der Waals surface area contributed by atoms with Gasteiger partial charge in [-0.2, -0.15) is 10.2 Å². The largest absolute Gasteiger partial charge is 0.302 e. The van der Waals surface area contributed by atoms with Crippen LogP contribution in [0.3, 0.4) is 0 Å². The average Bonchev–Trinajstić information content (AvgIpc) is 1.95. The van der Waals surface area contributed by atoms with Crippen molar-refractivity contribution in [2.24, 2.45) is 0 Å². The lowest BCUT2D eigenvalue weighted by molar-refractivity contribution is 0.237. The zero-order valence-electron chi connectivity index (χ0n) is 11.0. The Morgan fingerprint density at radius 1 is 1.07 bits per heavy atom. The van der Waals surface area contributed by atoms with E-state index in [2.05, 4.69) is 56.1 Å². The molecule has 1 N–H and O–H groups in total. The van der Waals surface area contributed by atoms with Gasteiger partial charge in [-0.1, -0.05) is 13.8 Å². The van der Waals surface area contributed by atoms with Gasteiger partial charge in [-0.15, -0.1) is 0 Å². The molecule has 0 bridgehead atoms. The van der Waals surface area contributed by atoms with Crippen LogP contribution >= 0.6 is 10.2 Å². The van der Waals surface area contributed by atoms with E-state index in [9.17, 15) is 0 Å². The first-order chi connectivity index (χ1) is 6.20. The van der Waals surface area contributed by atoms with Gasteiger partial charge in [-0.25, -0.2) is 0 Å². The average molecular weight is 220 g/mol. The minimum Gasteiger partial charge on any atom is -0.302 e. The van der Waals surface area contributed by atoms with Crippen LogP contribution in [0.1, 0.15) is 27.7 Å². The second kappa shape index (κ2) is 5.38. The molecule has 0 saturated heterocycles. The molecule has 0 fully saturated rings. The molecule has 0 aromatic heterocycles. The van der Waals surface area contributed by atoms with Gasteiger partial charge in [0.05, 0.1) is 0 Å². The number of rotatable bonds is 6. The van der Waals surface area contributed by atoms with Crippen molar-refractivity contribution in [3.05, 3.63) is 0 Å². The van der Waals surface area contributed by atoms with Gasteiger partial charge in [0, 0.05) is 12.1 Å². The highest BCUT2D eigenvalue weighted by Crippen LogP contribution is 2.32. The van der Waals surface area contributed by atoms with Crippen molar-refractivity contribution in [1.82, 2.24) is 9.62 Å². The van der Waals surface area contributed by atoms with Gasteiger partial charge < -0.3 is 4.90 Å². The summed E-state index contributed by atoms with van der Waals surface area (Å²) in [5, 5.41) is 0. The molecule has 2 nitrogen and oxygen atoms in total. The molecule has 0 aliphatic heterocycles. The zero-order chi connectivity index (χ0) is 11.4. The standard InChI is InChI=1S/C11H28N2S/c1-8-13(9-2)10-11(3,4)12-14(5,6)7/h12H,8-10H2,1-7H3. The molecule has 0 saturated carbocycles. The molecule has 0 spiro atoms. The van der Waals surface area contributed by atoms with Crippen LogP contribution < -0.4 is 4.72 Å². The Morgan fingerprint density at radius 3 is 1.79 bits per heavy atom. The van der Waals surface area contributed by atoms with Gasteiger partial charge >= 0.3 is 0 Å². The highest BCUT2D eigenvalue weighted by atomic mass is 32.3. The molecule has 0 aliphatic carbocycles. The SMILES string of the molecule is CCN(CC)CC(C)(C)NS(C)(C)C. The van der Waals surface area contributed by atoms with Gasteiger partial charge in [0.15, 0.2) is 0 Å². The Kier molecular flexibility index (Phi) is 5.48. The smallest absolute Gasteiger partial charge is 0.0338 e. The van der Waals surface area contributed by atoms with E-state index in [-0.39, 0.29) is 5.54 Å². The van der Waals surface area contributed by atoms with Crippen LogP contribution in [0.2, 0.25) is 0 Å². The number of likely N-dealkylation sites (N-methyl/N-ethyl adjacent to an activating group) is 1. The van der Waals surface area contributed by atoms with E-state index >= 15 is 0 Å². The Hall–Kier alpha value is 0.270. The molecule has 14 heavy (non-hydrogen) atoms. The minimum atomic E-state index is -0.621. The summed E-state index contributed by atoms with van der Waals surface area (Å²) >= 11 is 0. The predicted molar refractivity (Wildman–Crippen MR) is 70.4 cm³/mol. The van der Waals surface area contributed by atoms with Crippen LogP contribution in [0.15, 0.2) is 0 Å². The third kappa shape index (κ3) is 6.68. The van der Waals surface area contributed by atoms with E-state index in [0.717, 1.165) is 19.6 Å². The van der Waals surface area contributed by atoms with Crippen molar-refractivity contribution in [1.29, 1.82) is 0 Å². The normalized spacial score (nSPS) is 14.9. The Morgan fingerprint density at radius 2 is 1.50 bits per heavy atom. The Labute approximate surface area is 91.9 Å². The number of nitrogens with one attached hydrogen (secondary N) is 1. The number of hydrogen-bond acceptors (Lipinski definition) is 2. The third-order valence-electron chi connectivity index (χ3n) is 2.10. The van der Waals surface area contributed by atoms with Crippen LogP contribution in [0.5, 0.6) is 0 Å². The fourth-order valence-electron chi connectivity index (χ4n) is 1.87. The van der Waals surface area contributed by atoms with Gasteiger partial charge in [0.2, 0.25) is 0 Å². The van der Waals surface area contributed by atoms with Crippen molar-refractivity contribution in [3.8, 4) is 0 Å². The quantitative estimate of drug-likeness (QED) is 0.739. The molecular weight excluding hydrogens is 192 g/mol. The van der Waals surface area contributed by atoms with Crippen LogP contribution in [0.4, 0.5) is 0 Å². The molecule has 0 aromatic rings. The topological polar surface area (TPSA) is 15.3 Å². The van der Waals surface area contributed by atoms with Gasteiger partial charge in [-0.05, 0) is 45.7 Å². The summed E-state index contributed by atoms with van der Waals surface area (Å²) in [5.41, 5.74) is 0.222. The van der Waals surface area contributed by atoms with Crippen molar-refractivity contribution in [3.63, 3.8) is 0 Å². The van der Waals surface area contributed by atoms with E-state index in [4.69, 9.17) is 0 Å². The molecular formula is C11H28N2S. The van der Waals surface area contributed by atoms with E-state index in [1.165, 1.54) is 0 Å². The van der Waals surface area contributed by atoms with Gasteiger partial charge in [0.25, 0.3) is 0 Å². The molecule has 0 radical (unpaired) electrons. The van der Waals surface area contributed by atoms with Gasteiger partial charge in [0.1, 0.15) is 0 Å². The van der Waals surface area contributed by atoms with Crippen molar-refractivity contribution < 1.29 is 0 Å². The summed E-state index contributed by atoms with van der Waals surface area (Å²) in [6.45, 7) is 12.5. The second-order valence-electron chi connectivity index (χ2n) is 5.28. The molecule has 3 heteroatoms. The highest BCUT2D eigenvalue weighted by Gasteiger charge is 2.23. The van der Waals surface area contributed by atoms with Crippen LogP contribution in [-0.4, -0.2) is 48.8 Å². The van der Waals surface area contributed by atoms with E-state index in [1.54, 1.807) is 0 Å². The summed E-state index contributed by atoms with van der Waals surface area (Å²) < 4.78 is 3.74. The molecule has 0 heterocycles.